The van der Waals surface area contributed by atoms with E-state index in [0.29, 0.717) is 0 Å². The van der Waals surface area contributed by atoms with E-state index in [4.69, 9.17) is 20.2 Å². The molecule has 0 aromatic rings. The molecule has 15 heteroatoms. The Morgan fingerprint density at radius 2 is 0.895 bits per heavy atom. The summed E-state index contributed by atoms with van der Waals surface area (Å²) in [6.45, 7) is 0. The van der Waals surface area contributed by atoms with Gasteiger partial charge in [0.05, 0.1) is 0 Å². The average molecular weight is 414 g/mol. The average Bonchev–Trinajstić information content (AvgIpc) is 2.31. The van der Waals surface area contributed by atoms with E-state index in [9.17, 15) is 18.9 Å². The zero-order valence-electron chi connectivity index (χ0n) is 10.5. The predicted octanol–water partition coefficient (Wildman–Crippen LogP) is -6.42. The Kier molecular flexibility index (Phi) is 32.7. The second kappa shape index (κ2) is 19.2. The number of hydrogen-bond donors (Lipinski definition) is 4. The quantitative estimate of drug-likeness (QED) is 0.199. The minimum Gasteiger partial charge on any atom is -0.791 e. The van der Waals surface area contributed by atoms with Crippen molar-refractivity contribution in [1.29, 1.82) is 0 Å². The maximum absolute atomic E-state index is 10.3. The molecule has 0 bridgehead atoms. The molecule has 0 aromatic heterocycles. The molecule has 0 rings (SSSR count). The maximum atomic E-state index is 10.3. The van der Waals surface area contributed by atoms with Crippen molar-refractivity contribution >= 4 is 34.9 Å². The van der Waals surface area contributed by atoms with E-state index >= 15 is 0 Å². The first-order valence-corrected chi connectivity index (χ1v) is 11.5. The predicted molar refractivity (Wildman–Crippen MR) is 67.7 cm³/mol. The molecule has 0 saturated heterocycles. The normalized spacial score (nSPS) is 9.68. The van der Waals surface area contributed by atoms with Crippen LogP contribution in [-0.2, 0) is 33.2 Å². The van der Waals surface area contributed by atoms with E-state index < -0.39 is 14.7 Å². The first kappa shape index (κ1) is 32.3. The van der Waals surface area contributed by atoms with Crippen LogP contribution in [0.4, 0.5) is 0 Å². The Labute approximate surface area is 126 Å². The van der Waals surface area contributed by atoms with Gasteiger partial charge in [0.2, 0.25) is 0 Å². The monoisotopic (exact) mass is 413 g/mol. The van der Waals surface area contributed by atoms with Crippen molar-refractivity contribution in [1.82, 2.24) is 0 Å². The number of quaternary nitrogens is 4. The van der Waals surface area contributed by atoms with Gasteiger partial charge in [-0.2, -0.15) is 0 Å². The summed E-state index contributed by atoms with van der Waals surface area (Å²) in [4.78, 5) is 20.5. The summed E-state index contributed by atoms with van der Waals surface area (Å²) in [6, 6.07) is 0. The van der Waals surface area contributed by atoms with Crippen molar-refractivity contribution in [2.45, 2.75) is 0 Å². The van der Waals surface area contributed by atoms with Crippen molar-refractivity contribution in [2.75, 3.05) is 25.1 Å². The third kappa shape index (κ3) is 32.6. The molecule has 0 unspecified atom stereocenters. The Bertz CT molecular complexity index is 225. The molecule has 0 spiro atoms. The molecule has 0 aliphatic carbocycles. The smallest absolute Gasteiger partial charge is 0.122 e. The molecular formula is C4H26Cl2MnN4O6P2+4. The van der Waals surface area contributed by atoms with Crippen LogP contribution in [0.3, 0.4) is 0 Å². The fraction of sp³-hybridized carbons (Fsp3) is 1.00. The van der Waals surface area contributed by atoms with Gasteiger partial charge in [0.1, 0.15) is 39.9 Å². The largest absolute Gasteiger partial charge is 0.791 e. The van der Waals surface area contributed by atoms with Crippen molar-refractivity contribution < 1.29 is 65.9 Å². The van der Waals surface area contributed by atoms with Crippen LogP contribution in [0, 0.1) is 0 Å². The number of rotatable bonds is 4. The van der Waals surface area contributed by atoms with Gasteiger partial charge < -0.3 is 52.8 Å². The molecule has 0 saturated carbocycles. The number of halogens is 2. The van der Waals surface area contributed by atoms with Crippen LogP contribution in [0.2, 0.25) is 0 Å². The van der Waals surface area contributed by atoms with Gasteiger partial charge in [-0.15, -0.1) is 0 Å². The van der Waals surface area contributed by atoms with Crippen molar-refractivity contribution in [3.05, 3.63) is 0 Å². The van der Waals surface area contributed by atoms with Crippen molar-refractivity contribution in [3.63, 3.8) is 0 Å². The van der Waals surface area contributed by atoms with E-state index in [-0.39, 0.29) is 49.2 Å². The minimum atomic E-state index is -3.13. The summed E-state index contributed by atoms with van der Waals surface area (Å²) in [6.07, 6.45) is -0.0694. The zero-order chi connectivity index (χ0) is 14.5. The van der Waals surface area contributed by atoms with Gasteiger partial charge in [-0.3, -0.25) is 0 Å². The van der Waals surface area contributed by atoms with Gasteiger partial charge in [-0.25, -0.2) is 0 Å². The molecular weight excluding hydrogens is 388 g/mol. The van der Waals surface area contributed by atoms with Crippen molar-refractivity contribution in [3.8, 4) is 0 Å². The van der Waals surface area contributed by atoms with Crippen LogP contribution in [0.5, 0.6) is 0 Å². The van der Waals surface area contributed by atoms with Gasteiger partial charge in [-0.1, -0.05) is 0 Å². The minimum absolute atomic E-state index is 0. The Morgan fingerprint density at radius 3 is 0.895 bits per heavy atom. The Morgan fingerprint density at radius 1 is 0.789 bits per heavy atom. The molecule has 0 amide bonds. The molecule has 0 aliphatic heterocycles. The van der Waals surface area contributed by atoms with E-state index in [1.807, 2.05) is 0 Å². The summed E-state index contributed by atoms with van der Waals surface area (Å²) in [5.41, 5.74) is 12.9. The van der Waals surface area contributed by atoms with Crippen LogP contribution in [0.1, 0.15) is 0 Å². The zero-order valence-corrected chi connectivity index (χ0v) is 15.0. The molecule has 19 heavy (non-hydrogen) atoms. The molecule has 18 N–H and O–H groups in total. The van der Waals surface area contributed by atoms with Crippen molar-refractivity contribution in [2.24, 2.45) is 0 Å². The van der Waals surface area contributed by atoms with Gasteiger partial charge in [-0.05, 0) is 0 Å². The molecule has 0 radical (unpaired) electrons. The summed E-state index contributed by atoms with van der Waals surface area (Å²) >= 11 is 0.00694. The van der Waals surface area contributed by atoms with Crippen LogP contribution < -0.4 is 32.7 Å². The van der Waals surface area contributed by atoms with E-state index in [2.05, 4.69) is 22.9 Å². The third-order valence-corrected chi connectivity index (χ3v) is 4.09. The van der Waals surface area contributed by atoms with Gasteiger partial charge >= 0.3 is 33.3 Å². The Balaban J connectivity index is -0.0000000525. The third-order valence-electron chi connectivity index (χ3n) is 1.36. The second-order valence-corrected chi connectivity index (χ2v) is 9.57. The molecule has 0 aromatic carbocycles. The number of hydrogen-bond acceptors (Lipinski definition) is 4. The van der Waals surface area contributed by atoms with Crippen LogP contribution >= 0.6 is 34.9 Å². The van der Waals surface area contributed by atoms with Crippen LogP contribution in [-0.4, -0.2) is 25.1 Å². The standard InChI is InChI=1S/2C2H9N2O2P.2ClH.Mn.2H2O/c2*3-1-7(5,6)2-4;;;;;/h2*1-4H2,(H,5,6);2*1H;;2*1H2/q;;;;+2;;/p+2. The fourth-order valence-electron chi connectivity index (χ4n) is 0.224. The fourth-order valence-corrected chi connectivity index (χ4v) is 0.671. The summed E-state index contributed by atoms with van der Waals surface area (Å²) in [7, 11) is 3.34. The van der Waals surface area contributed by atoms with Gasteiger partial charge in [0.15, 0.2) is 0 Å². The van der Waals surface area contributed by atoms with E-state index in [0.717, 1.165) is 0 Å². The molecule has 0 atom stereocenters. The first-order chi connectivity index (χ1) is 7.66. The summed E-state index contributed by atoms with van der Waals surface area (Å²) < 4.78 is 20.5. The summed E-state index contributed by atoms with van der Waals surface area (Å²) in [5, 5.41) is 0. The second-order valence-electron chi connectivity index (χ2n) is 2.58. The van der Waals surface area contributed by atoms with Crippen LogP contribution in [0.25, 0.3) is 0 Å². The van der Waals surface area contributed by atoms with Crippen LogP contribution in [0.15, 0.2) is 0 Å². The maximum Gasteiger partial charge on any atom is 0.122 e. The SMILES string of the molecule is [Cl][Mn][Cl].[NH3+]CP(=O)([O-])C[NH3+].[NH3+]CP(=O)([O-])C[NH3+].[OH3+].[OH3+]. The van der Waals surface area contributed by atoms with E-state index in [1.165, 1.54) is 0 Å². The van der Waals surface area contributed by atoms with Gasteiger partial charge in [0, 0.05) is 0 Å². The Hall–Kier alpha value is 1.24. The summed E-state index contributed by atoms with van der Waals surface area (Å²) in [5.74, 6) is 0. The molecule has 0 aliphatic rings. The van der Waals surface area contributed by atoms with Gasteiger partial charge in [0.25, 0.3) is 0 Å². The topological polar surface area (TPSA) is 257 Å². The first-order valence-electron chi connectivity index (χ1n) is 4.28. The molecule has 0 heterocycles. The molecule has 125 valence electrons. The molecule has 0 fully saturated rings. The molecule has 10 nitrogen and oxygen atoms in total. The van der Waals surface area contributed by atoms with E-state index in [1.54, 1.807) is 0 Å².